The Bertz CT molecular complexity index is 1750. The molecule has 230 valence electrons. The molecule has 1 unspecified atom stereocenters. The zero-order chi connectivity index (χ0) is 31.1. The number of rotatable bonds is 9. The van der Waals surface area contributed by atoms with Crippen molar-refractivity contribution in [2.24, 2.45) is 0 Å². The van der Waals surface area contributed by atoms with E-state index in [1.165, 1.54) is 49.1 Å². The van der Waals surface area contributed by atoms with Crippen molar-refractivity contribution in [3.05, 3.63) is 68.7 Å². The number of aliphatic carboxylic acids is 1. The van der Waals surface area contributed by atoms with Gasteiger partial charge in [0.2, 0.25) is 5.89 Å². The summed E-state index contributed by atoms with van der Waals surface area (Å²) in [6.07, 6.45) is -2.92. The van der Waals surface area contributed by atoms with Gasteiger partial charge in [0.05, 0.1) is 29.1 Å². The maximum Gasteiger partial charge on any atom is 0.573 e. The molecule has 0 aliphatic carbocycles. The van der Waals surface area contributed by atoms with Gasteiger partial charge in [-0.3, -0.25) is 9.36 Å². The smallest absolute Gasteiger partial charge is 0.480 e. The Morgan fingerprint density at radius 3 is 2.53 bits per heavy atom. The second-order valence-electron chi connectivity index (χ2n) is 10.5. The molecule has 0 bridgehead atoms. The van der Waals surface area contributed by atoms with Gasteiger partial charge >= 0.3 is 18.0 Å². The van der Waals surface area contributed by atoms with Crippen LogP contribution < -0.4 is 16.0 Å². The lowest BCUT2D eigenvalue weighted by Crippen LogP contribution is -2.52. The largest absolute Gasteiger partial charge is 0.573 e. The van der Waals surface area contributed by atoms with E-state index in [2.05, 4.69) is 9.72 Å². The van der Waals surface area contributed by atoms with Crippen molar-refractivity contribution in [3.8, 4) is 16.5 Å². The van der Waals surface area contributed by atoms with Crippen molar-refractivity contribution in [2.75, 3.05) is 13.2 Å². The molecular formula is C28H28F3N3O8S. The maximum absolute atomic E-state index is 14.1. The van der Waals surface area contributed by atoms with Crippen molar-refractivity contribution >= 4 is 27.5 Å². The Morgan fingerprint density at radius 2 is 1.91 bits per heavy atom. The van der Waals surface area contributed by atoms with Crippen LogP contribution in [0.15, 0.2) is 50.7 Å². The van der Waals surface area contributed by atoms with E-state index in [1.807, 2.05) is 0 Å². The first kappa shape index (κ1) is 30.5. The number of thiophene rings is 1. The highest BCUT2D eigenvalue weighted by Crippen LogP contribution is 2.38. The first-order valence-corrected chi connectivity index (χ1v) is 14.1. The first-order chi connectivity index (χ1) is 20.3. The number of carboxylic acids is 1. The van der Waals surface area contributed by atoms with E-state index >= 15 is 0 Å². The number of aromatic nitrogens is 3. The number of carbonyl (C=O) groups is 1. The predicted molar refractivity (Wildman–Crippen MR) is 148 cm³/mol. The number of hydrogen-bond acceptors (Lipinski definition) is 9. The molecule has 0 radical (unpaired) electrons. The molecule has 1 aliphatic heterocycles. The molecule has 1 saturated heterocycles. The van der Waals surface area contributed by atoms with Gasteiger partial charge in [-0.2, -0.15) is 0 Å². The lowest BCUT2D eigenvalue weighted by Gasteiger charge is -2.30. The zero-order valence-corrected chi connectivity index (χ0v) is 24.2. The van der Waals surface area contributed by atoms with Gasteiger partial charge in [-0.05, 0) is 45.2 Å². The maximum atomic E-state index is 14.1. The van der Waals surface area contributed by atoms with Gasteiger partial charge in [-0.25, -0.2) is 19.1 Å². The molecule has 3 aromatic heterocycles. The number of nitrogens with zero attached hydrogens (tertiary/aromatic N) is 3. The number of halogens is 3. The molecule has 43 heavy (non-hydrogen) atoms. The quantitative estimate of drug-likeness (QED) is 0.278. The third-order valence-electron chi connectivity index (χ3n) is 7.29. The number of hydrogen-bond donors (Lipinski definition) is 1. The molecule has 1 N–H and O–H groups in total. The van der Waals surface area contributed by atoms with E-state index in [1.54, 1.807) is 6.92 Å². The molecule has 0 spiro atoms. The van der Waals surface area contributed by atoms with Crippen LogP contribution in [0.1, 0.15) is 43.9 Å². The Hall–Kier alpha value is -3.95. The fraction of sp³-hybridized carbons (Fsp3) is 0.429. The SMILES string of the molecule is Cc1c(-c2ncco2)sc2c1c(=O)n(C(C)(C)C(=O)O)c(=O)n2CC(OC1CCOCC1)c1ccccc1OC(F)(F)F. The second-order valence-corrected chi connectivity index (χ2v) is 11.5. The van der Waals surface area contributed by atoms with Gasteiger partial charge < -0.3 is 23.7 Å². The van der Waals surface area contributed by atoms with E-state index in [-0.39, 0.29) is 28.2 Å². The van der Waals surface area contributed by atoms with Gasteiger partial charge in [0.25, 0.3) is 5.56 Å². The number of carboxylic acid groups (broad SMARTS) is 1. The van der Waals surface area contributed by atoms with Crippen LogP contribution in [0, 0.1) is 6.92 Å². The van der Waals surface area contributed by atoms with E-state index in [9.17, 15) is 32.7 Å². The Kier molecular flexibility index (Phi) is 8.24. The number of ether oxygens (including phenoxy) is 3. The molecular weight excluding hydrogens is 595 g/mol. The van der Waals surface area contributed by atoms with E-state index < -0.39 is 47.1 Å². The standard InChI is InChI=1S/C28H28F3N3O8S/c1-15-20-23(35)34(27(2,3)25(36)37)26(38)33(24(20)43-21(15)22-32-10-13-40-22)14-19(41-16-8-11-39-12-9-16)17-6-4-5-7-18(17)42-28(29,30)31/h4-7,10,13,16,19H,8-9,11-12,14H2,1-3H3,(H,36,37). The number of fused-ring (bicyclic) bond motifs is 1. The van der Waals surface area contributed by atoms with Crippen LogP contribution in [0.5, 0.6) is 5.75 Å². The molecule has 4 heterocycles. The third-order valence-corrected chi connectivity index (χ3v) is 8.59. The van der Waals surface area contributed by atoms with Gasteiger partial charge in [0.1, 0.15) is 28.5 Å². The number of alkyl halides is 3. The molecule has 0 amide bonds. The topological polar surface area (TPSA) is 135 Å². The van der Waals surface area contributed by atoms with Crippen LogP contribution in [0.4, 0.5) is 13.2 Å². The molecule has 1 aromatic carbocycles. The molecule has 11 nitrogen and oxygen atoms in total. The normalized spacial score (nSPS) is 15.6. The summed E-state index contributed by atoms with van der Waals surface area (Å²) >= 11 is 1.02. The fourth-order valence-electron chi connectivity index (χ4n) is 5.02. The van der Waals surface area contributed by atoms with E-state index in [4.69, 9.17) is 13.9 Å². The summed E-state index contributed by atoms with van der Waals surface area (Å²) in [5.74, 6) is -1.77. The van der Waals surface area contributed by atoms with Crippen molar-refractivity contribution in [1.29, 1.82) is 0 Å². The highest BCUT2D eigenvalue weighted by atomic mass is 32.1. The molecule has 4 aromatic rings. The van der Waals surface area contributed by atoms with Crippen molar-refractivity contribution < 1.29 is 41.7 Å². The molecule has 1 aliphatic rings. The Labute approximate surface area is 246 Å². The molecule has 15 heteroatoms. The third kappa shape index (κ3) is 5.96. The number of benzene rings is 1. The number of para-hydroxylation sites is 1. The average molecular weight is 624 g/mol. The summed E-state index contributed by atoms with van der Waals surface area (Å²) in [6, 6.07) is 5.44. The molecule has 1 fully saturated rings. The summed E-state index contributed by atoms with van der Waals surface area (Å²) in [7, 11) is 0. The highest BCUT2D eigenvalue weighted by Gasteiger charge is 2.37. The lowest BCUT2D eigenvalue weighted by molar-refractivity contribution is -0.275. The minimum absolute atomic E-state index is 0.0165. The summed E-state index contributed by atoms with van der Waals surface area (Å²) in [5, 5.41) is 10.0. The minimum atomic E-state index is -5.00. The summed E-state index contributed by atoms with van der Waals surface area (Å²) in [6.45, 7) is 4.44. The predicted octanol–water partition coefficient (Wildman–Crippen LogP) is 4.84. The lowest BCUT2D eigenvalue weighted by atomic mass is 10.0. The Morgan fingerprint density at radius 1 is 1.21 bits per heavy atom. The van der Waals surface area contributed by atoms with Crippen LogP contribution in [0.2, 0.25) is 0 Å². The number of oxazole rings is 1. The van der Waals surface area contributed by atoms with E-state index in [0.717, 1.165) is 17.4 Å². The Balaban J connectivity index is 1.76. The first-order valence-electron chi connectivity index (χ1n) is 13.3. The van der Waals surface area contributed by atoms with Crippen LogP contribution in [0.3, 0.4) is 0 Å². The monoisotopic (exact) mass is 623 g/mol. The van der Waals surface area contributed by atoms with Crippen LogP contribution in [-0.2, 0) is 26.4 Å². The van der Waals surface area contributed by atoms with E-state index in [0.29, 0.717) is 41.1 Å². The van der Waals surface area contributed by atoms with Gasteiger partial charge in [-0.1, -0.05) is 18.2 Å². The fourth-order valence-corrected chi connectivity index (χ4v) is 6.27. The van der Waals surface area contributed by atoms with Crippen molar-refractivity contribution in [3.63, 3.8) is 0 Å². The minimum Gasteiger partial charge on any atom is -0.480 e. The van der Waals surface area contributed by atoms with Gasteiger partial charge in [0.15, 0.2) is 0 Å². The average Bonchev–Trinajstić information content (AvgIpc) is 3.58. The van der Waals surface area contributed by atoms with Crippen LogP contribution >= 0.6 is 11.3 Å². The van der Waals surface area contributed by atoms with Gasteiger partial charge in [0, 0.05) is 18.8 Å². The number of aryl methyl sites for hydroxylation is 1. The highest BCUT2D eigenvalue weighted by molar-refractivity contribution is 7.22. The summed E-state index contributed by atoms with van der Waals surface area (Å²) in [4.78, 5) is 44.9. The molecule has 0 saturated carbocycles. The molecule has 5 rings (SSSR count). The van der Waals surface area contributed by atoms with Crippen molar-refractivity contribution in [2.45, 2.75) is 64.3 Å². The molecule has 1 atom stereocenters. The van der Waals surface area contributed by atoms with Crippen LogP contribution in [-0.4, -0.2) is 50.9 Å². The van der Waals surface area contributed by atoms with Crippen molar-refractivity contribution in [1.82, 2.24) is 14.1 Å². The van der Waals surface area contributed by atoms with Gasteiger partial charge in [-0.15, -0.1) is 24.5 Å². The second kappa shape index (κ2) is 11.6. The summed E-state index contributed by atoms with van der Waals surface area (Å²) in [5.41, 5.74) is -3.37. The summed E-state index contributed by atoms with van der Waals surface area (Å²) < 4.78 is 63.5. The zero-order valence-electron chi connectivity index (χ0n) is 23.3. The van der Waals surface area contributed by atoms with Crippen LogP contribution in [0.25, 0.3) is 21.0 Å².